The molecule has 0 aliphatic carbocycles. The maximum atomic E-state index is 13.3. The standard InChI is InChI=1S/C18H16N4O6S2/c19-17(23)21(29(25,26)14-9-2-1-3-10-14)22(18(20)24)30(27,28)16-12-6-8-13-7-4-5-11-15(13)16/h1-12H,(H2,19,23)(H2,20,24). The zero-order valence-electron chi connectivity index (χ0n) is 15.2. The molecular weight excluding hydrogens is 432 g/mol. The number of fused-ring (bicyclic) bond motifs is 1. The van der Waals surface area contributed by atoms with Gasteiger partial charge in [0.15, 0.2) is 0 Å². The Labute approximate surface area is 172 Å². The number of amides is 4. The first-order valence-electron chi connectivity index (χ1n) is 8.30. The van der Waals surface area contributed by atoms with E-state index >= 15 is 0 Å². The second-order valence-electron chi connectivity index (χ2n) is 5.96. The molecule has 0 saturated heterocycles. The van der Waals surface area contributed by atoms with Crippen molar-refractivity contribution in [1.29, 1.82) is 0 Å². The number of rotatable bonds is 4. The van der Waals surface area contributed by atoms with Crippen molar-refractivity contribution in [3.05, 3.63) is 72.8 Å². The van der Waals surface area contributed by atoms with E-state index in [2.05, 4.69) is 0 Å². The van der Waals surface area contributed by atoms with Gasteiger partial charge in [-0.05, 0) is 23.6 Å². The van der Waals surface area contributed by atoms with Crippen molar-refractivity contribution in [2.24, 2.45) is 11.5 Å². The normalized spacial score (nSPS) is 11.7. The van der Waals surface area contributed by atoms with Gasteiger partial charge in [-0.1, -0.05) is 54.6 Å². The van der Waals surface area contributed by atoms with Crippen LogP contribution in [0, 0.1) is 0 Å². The van der Waals surface area contributed by atoms with Crippen molar-refractivity contribution in [2.45, 2.75) is 9.79 Å². The number of nitrogens with zero attached hydrogens (tertiary/aromatic N) is 2. The van der Waals surface area contributed by atoms with Gasteiger partial charge >= 0.3 is 12.1 Å². The Hall–Kier alpha value is -3.64. The van der Waals surface area contributed by atoms with Crippen molar-refractivity contribution in [3.63, 3.8) is 0 Å². The molecule has 0 fully saturated rings. The van der Waals surface area contributed by atoms with Crippen LogP contribution in [-0.4, -0.2) is 37.7 Å². The van der Waals surface area contributed by atoms with E-state index in [-0.39, 0.29) is 14.2 Å². The highest BCUT2D eigenvalue weighted by Crippen LogP contribution is 2.29. The van der Waals surface area contributed by atoms with Gasteiger partial charge < -0.3 is 11.5 Å². The average Bonchev–Trinajstić information content (AvgIpc) is 2.71. The number of carbonyl (C=O) groups is 2. The molecule has 0 bridgehead atoms. The third-order valence-electron chi connectivity index (χ3n) is 4.07. The highest BCUT2D eigenvalue weighted by atomic mass is 32.2. The fourth-order valence-electron chi connectivity index (χ4n) is 2.82. The molecule has 0 aromatic heterocycles. The molecule has 0 atom stereocenters. The Morgan fingerprint density at radius 1 is 0.633 bits per heavy atom. The molecule has 0 aliphatic rings. The molecule has 10 nitrogen and oxygen atoms in total. The summed E-state index contributed by atoms with van der Waals surface area (Å²) < 4.78 is 51.9. The maximum absolute atomic E-state index is 13.3. The number of hydrogen-bond donors (Lipinski definition) is 2. The van der Waals surface area contributed by atoms with Gasteiger partial charge in [-0.3, -0.25) is 0 Å². The van der Waals surface area contributed by atoms with E-state index in [1.54, 1.807) is 24.3 Å². The molecule has 0 heterocycles. The second-order valence-corrected chi connectivity index (χ2v) is 9.47. The summed E-state index contributed by atoms with van der Waals surface area (Å²) in [7, 11) is -9.84. The van der Waals surface area contributed by atoms with Crippen molar-refractivity contribution in [2.75, 3.05) is 0 Å². The lowest BCUT2D eigenvalue weighted by molar-refractivity contribution is 0.167. The molecule has 0 radical (unpaired) electrons. The molecule has 12 heteroatoms. The van der Waals surface area contributed by atoms with Crippen LogP contribution in [0.1, 0.15) is 0 Å². The summed E-state index contributed by atoms with van der Waals surface area (Å²) in [6.45, 7) is 0. The lowest BCUT2D eigenvalue weighted by atomic mass is 10.1. The quantitative estimate of drug-likeness (QED) is 0.576. The molecule has 156 valence electrons. The monoisotopic (exact) mass is 448 g/mol. The lowest BCUT2D eigenvalue weighted by Gasteiger charge is -2.30. The highest BCUT2D eigenvalue weighted by molar-refractivity contribution is 7.92. The summed E-state index contributed by atoms with van der Waals surface area (Å²) in [4.78, 5) is 23.3. The molecule has 4 amide bonds. The number of carbonyl (C=O) groups excluding carboxylic acids is 2. The van der Waals surface area contributed by atoms with E-state index in [0.29, 0.717) is 5.39 Å². The molecule has 0 aliphatic heterocycles. The van der Waals surface area contributed by atoms with Crippen LogP contribution >= 0.6 is 0 Å². The van der Waals surface area contributed by atoms with E-state index in [1.807, 2.05) is 0 Å². The molecular formula is C18H16N4O6S2. The van der Waals surface area contributed by atoms with Crippen LogP contribution in [0.2, 0.25) is 0 Å². The number of nitrogens with two attached hydrogens (primary N) is 2. The highest BCUT2D eigenvalue weighted by Gasteiger charge is 2.44. The zero-order chi connectivity index (χ0) is 22.1. The molecule has 0 saturated carbocycles. The summed E-state index contributed by atoms with van der Waals surface area (Å²) in [6.07, 6.45) is 0. The molecule has 3 aromatic carbocycles. The van der Waals surface area contributed by atoms with Gasteiger partial charge in [0.1, 0.15) is 0 Å². The smallest absolute Gasteiger partial charge is 0.349 e. The van der Waals surface area contributed by atoms with Crippen molar-refractivity contribution in [1.82, 2.24) is 8.83 Å². The van der Waals surface area contributed by atoms with Gasteiger partial charge in [-0.25, -0.2) is 9.59 Å². The molecule has 4 N–H and O–H groups in total. The fraction of sp³-hybridized carbons (Fsp3) is 0. The Balaban J connectivity index is 2.28. The van der Waals surface area contributed by atoms with Gasteiger partial charge in [0.25, 0.3) is 20.0 Å². The van der Waals surface area contributed by atoms with Crippen LogP contribution in [0.15, 0.2) is 82.6 Å². The predicted molar refractivity (Wildman–Crippen MR) is 108 cm³/mol. The third-order valence-corrected chi connectivity index (χ3v) is 7.55. The van der Waals surface area contributed by atoms with Gasteiger partial charge in [0.2, 0.25) is 0 Å². The van der Waals surface area contributed by atoms with Crippen LogP contribution in [0.25, 0.3) is 10.8 Å². The van der Waals surface area contributed by atoms with E-state index in [0.717, 1.165) is 18.2 Å². The van der Waals surface area contributed by atoms with E-state index in [1.165, 1.54) is 30.3 Å². The van der Waals surface area contributed by atoms with Crippen molar-refractivity contribution < 1.29 is 26.4 Å². The van der Waals surface area contributed by atoms with Crippen LogP contribution in [-0.2, 0) is 20.0 Å². The van der Waals surface area contributed by atoms with Gasteiger partial charge in [0, 0.05) is 5.39 Å². The molecule has 3 rings (SSSR count). The molecule has 3 aromatic rings. The molecule has 30 heavy (non-hydrogen) atoms. The maximum Gasteiger partial charge on any atom is 0.349 e. The summed E-state index contributed by atoms with van der Waals surface area (Å²) in [5, 5.41) is 0.687. The zero-order valence-corrected chi connectivity index (χ0v) is 16.9. The summed E-state index contributed by atoms with van der Waals surface area (Å²) in [5.74, 6) is 0. The number of hydrogen-bond acceptors (Lipinski definition) is 6. The first-order valence-corrected chi connectivity index (χ1v) is 11.2. The van der Waals surface area contributed by atoms with Crippen LogP contribution < -0.4 is 11.5 Å². The second kappa shape index (κ2) is 7.65. The van der Waals surface area contributed by atoms with Crippen LogP contribution in [0.3, 0.4) is 0 Å². The number of benzene rings is 3. The van der Waals surface area contributed by atoms with E-state index in [4.69, 9.17) is 11.5 Å². The summed E-state index contributed by atoms with van der Waals surface area (Å²) in [5.41, 5.74) is 10.4. The number of hydrazine groups is 1. The fourth-order valence-corrected chi connectivity index (χ4v) is 5.97. The number of primary amides is 2. The molecule has 0 unspecified atom stereocenters. The number of urea groups is 2. The SMILES string of the molecule is NC(=O)N(N(C(N)=O)S(=O)(=O)c1cccc2ccccc12)S(=O)(=O)c1ccccc1. The number of sulfonamides is 2. The summed E-state index contributed by atoms with van der Waals surface area (Å²) >= 11 is 0. The van der Waals surface area contributed by atoms with Crippen molar-refractivity contribution in [3.8, 4) is 0 Å². The Bertz CT molecular complexity index is 1340. The Kier molecular flexibility index (Phi) is 5.37. The van der Waals surface area contributed by atoms with Crippen LogP contribution in [0.5, 0.6) is 0 Å². The lowest BCUT2D eigenvalue weighted by Crippen LogP contribution is -2.58. The van der Waals surface area contributed by atoms with Crippen LogP contribution in [0.4, 0.5) is 9.59 Å². The van der Waals surface area contributed by atoms with Gasteiger partial charge in [-0.15, -0.1) is 8.83 Å². The first kappa shape index (κ1) is 21.1. The van der Waals surface area contributed by atoms with Gasteiger partial charge in [0.05, 0.1) is 9.79 Å². The summed E-state index contributed by atoms with van der Waals surface area (Å²) in [6, 6.07) is 13.4. The Morgan fingerprint density at radius 2 is 1.13 bits per heavy atom. The topological polar surface area (TPSA) is 161 Å². The predicted octanol–water partition coefficient (Wildman–Crippen LogP) is 1.59. The van der Waals surface area contributed by atoms with Gasteiger partial charge in [-0.2, -0.15) is 16.8 Å². The average molecular weight is 448 g/mol. The minimum Gasteiger partial charge on any atom is -0.349 e. The molecule has 0 spiro atoms. The first-order chi connectivity index (χ1) is 14.1. The van der Waals surface area contributed by atoms with E-state index in [9.17, 15) is 26.4 Å². The van der Waals surface area contributed by atoms with E-state index < -0.39 is 41.9 Å². The Morgan fingerprint density at radius 3 is 1.73 bits per heavy atom. The van der Waals surface area contributed by atoms with Crippen molar-refractivity contribution >= 4 is 42.9 Å². The minimum atomic E-state index is -4.96. The minimum absolute atomic E-state index is 0.188. The third kappa shape index (κ3) is 3.53. The largest absolute Gasteiger partial charge is 0.349 e.